The number of azo groups is 1. The number of ether oxygens (including phenoxy) is 2. The Hall–Kier alpha value is -5.36. The summed E-state index contributed by atoms with van der Waals surface area (Å²) in [7, 11) is 0. The summed E-state index contributed by atoms with van der Waals surface area (Å²) in [5.41, 5.74) is 4.46. The monoisotopic (exact) mass is 607 g/mol. The van der Waals surface area contributed by atoms with Gasteiger partial charge in [-0.15, -0.1) is 11.3 Å². The minimum Gasteiger partial charge on any atom is -0.478 e. The maximum Gasteiger partial charge on any atom is 0.339 e. The van der Waals surface area contributed by atoms with Crippen molar-refractivity contribution in [1.29, 1.82) is 5.26 Å². The summed E-state index contributed by atoms with van der Waals surface area (Å²) in [5.74, 6) is -1.91. The second-order valence-electron chi connectivity index (χ2n) is 9.61. The Balaban J connectivity index is 1.39. The van der Waals surface area contributed by atoms with E-state index in [-0.39, 0.29) is 24.3 Å². The zero-order valence-corrected chi connectivity index (χ0v) is 25.0. The Labute approximate surface area is 259 Å². The van der Waals surface area contributed by atoms with Gasteiger partial charge in [-0.2, -0.15) is 15.5 Å². The van der Waals surface area contributed by atoms with E-state index in [2.05, 4.69) is 26.0 Å². The number of carboxylic acid groups (broad SMARTS) is 1. The number of benzene rings is 3. The topological polar surface area (TPSA) is 129 Å². The van der Waals surface area contributed by atoms with E-state index in [1.165, 1.54) is 12.1 Å². The molecular formula is C33H29N5O5S. The number of nitriles is 1. The number of aryl methyl sites for hydroxylation is 1. The summed E-state index contributed by atoms with van der Waals surface area (Å²) in [6, 6.07) is 23.9. The molecule has 3 aromatic carbocycles. The van der Waals surface area contributed by atoms with Crippen molar-refractivity contribution in [2.45, 2.75) is 20.4 Å². The number of carboxylic acids is 1. The SMILES string of the molecule is [C-]#[N+]c1c(N=Nc2ccc(N(CCOCCOC(=O)c3ccccc3C(=O)O)Cc3ccccc3)cc2C)sc(C#N)c1C. The van der Waals surface area contributed by atoms with E-state index in [4.69, 9.17) is 16.0 Å². The Kier molecular flexibility index (Phi) is 10.9. The number of rotatable bonds is 13. The molecule has 0 bridgehead atoms. The molecule has 11 heteroatoms. The highest BCUT2D eigenvalue weighted by Crippen LogP contribution is 2.42. The van der Waals surface area contributed by atoms with Crippen LogP contribution < -0.4 is 4.90 Å². The molecule has 0 saturated carbocycles. The van der Waals surface area contributed by atoms with Crippen LogP contribution in [-0.2, 0) is 16.0 Å². The Morgan fingerprint density at radius 3 is 2.41 bits per heavy atom. The van der Waals surface area contributed by atoms with Gasteiger partial charge in [0, 0.05) is 18.8 Å². The van der Waals surface area contributed by atoms with Crippen molar-refractivity contribution in [3.63, 3.8) is 0 Å². The number of aromatic carboxylic acids is 1. The number of carbonyl (C=O) groups excluding carboxylic acids is 1. The Morgan fingerprint density at radius 1 is 1.00 bits per heavy atom. The zero-order valence-electron chi connectivity index (χ0n) is 24.2. The second kappa shape index (κ2) is 15.2. The van der Waals surface area contributed by atoms with Crippen molar-refractivity contribution in [2.24, 2.45) is 10.2 Å². The third-order valence-electron chi connectivity index (χ3n) is 6.66. The van der Waals surface area contributed by atoms with Crippen LogP contribution in [0.5, 0.6) is 0 Å². The molecule has 0 aliphatic heterocycles. The lowest BCUT2D eigenvalue weighted by molar-refractivity contribution is 0.0322. The van der Waals surface area contributed by atoms with Crippen LogP contribution in [0.15, 0.2) is 83.0 Å². The van der Waals surface area contributed by atoms with Crippen LogP contribution in [0.1, 0.15) is 42.3 Å². The number of thiophene rings is 1. The van der Waals surface area contributed by atoms with Gasteiger partial charge in [0.25, 0.3) is 0 Å². The summed E-state index contributed by atoms with van der Waals surface area (Å²) in [4.78, 5) is 29.9. The molecule has 10 nitrogen and oxygen atoms in total. The van der Waals surface area contributed by atoms with Crippen LogP contribution in [0, 0.1) is 31.8 Å². The molecule has 1 heterocycles. The van der Waals surface area contributed by atoms with E-state index in [0.29, 0.717) is 46.5 Å². The lowest BCUT2D eigenvalue weighted by atomic mass is 10.1. The molecule has 0 fully saturated rings. The molecule has 0 aliphatic carbocycles. The minimum atomic E-state index is -1.19. The largest absolute Gasteiger partial charge is 0.478 e. The van der Waals surface area contributed by atoms with Crippen molar-refractivity contribution in [3.05, 3.63) is 117 Å². The Morgan fingerprint density at radius 2 is 1.73 bits per heavy atom. The van der Waals surface area contributed by atoms with Gasteiger partial charge >= 0.3 is 11.9 Å². The number of hydrogen-bond acceptors (Lipinski definition) is 9. The molecule has 1 aromatic heterocycles. The average Bonchev–Trinajstić information content (AvgIpc) is 3.35. The maximum absolute atomic E-state index is 12.4. The van der Waals surface area contributed by atoms with Gasteiger partial charge < -0.3 is 19.5 Å². The first-order valence-corrected chi connectivity index (χ1v) is 14.4. The van der Waals surface area contributed by atoms with Crippen LogP contribution in [-0.4, -0.2) is 43.4 Å². The second-order valence-corrected chi connectivity index (χ2v) is 10.6. The smallest absolute Gasteiger partial charge is 0.339 e. The Bertz CT molecular complexity index is 1750. The average molecular weight is 608 g/mol. The van der Waals surface area contributed by atoms with Crippen LogP contribution in [0.4, 0.5) is 22.1 Å². The van der Waals surface area contributed by atoms with Crippen LogP contribution in [0.3, 0.4) is 0 Å². The lowest BCUT2D eigenvalue weighted by Gasteiger charge is -2.25. The first-order chi connectivity index (χ1) is 21.3. The normalized spacial score (nSPS) is 10.7. The van der Waals surface area contributed by atoms with Gasteiger partial charge in [-0.3, -0.25) is 0 Å². The summed E-state index contributed by atoms with van der Waals surface area (Å²) in [5, 5.41) is 27.7. The quantitative estimate of drug-likeness (QED) is 0.0711. The molecule has 0 aliphatic rings. The molecule has 0 radical (unpaired) electrons. The van der Waals surface area contributed by atoms with Crippen molar-refractivity contribution < 1.29 is 24.2 Å². The molecule has 0 unspecified atom stereocenters. The predicted octanol–water partition coefficient (Wildman–Crippen LogP) is 7.78. The van der Waals surface area contributed by atoms with Gasteiger partial charge in [-0.1, -0.05) is 42.5 Å². The van der Waals surface area contributed by atoms with E-state index in [1.807, 2.05) is 55.5 Å². The van der Waals surface area contributed by atoms with Gasteiger partial charge in [0.2, 0.25) is 5.69 Å². The summed E-state index contributed by atoms with van der Waals surface area (Å²) >= 11 is 1.15. The third kappa shape index (κ3) is 7.92. The third-order valence-corrected chi connectivity index (χ3v) is 7.73. The van der Waals surface area contributed by atoms with E-state index in [9.17, 15) is 20.0 Å². The highest BCUT2D eigenvalue weighted by atomic mass is 32.1. The molecule has 0 amide bonds. The highest BCUT2D eigenvalue weighted by molar-refractivity contribution is 7.17. The molecule has 44 heavy (non-hydrogen) atoms. The fourth-order valence-electron chi connectivity index (χ4n) is 4.34. The van der Waals surface area contributed by atoms with Gasteiger partial charge in [-0.25, -0.2) is 14.4 Å². The zero-order chi connectivity index (χ0) is 31.5. The van der Waals surface area contributed by atoms with E-state index < -0.39 is 11.9 Å². The molecule has 0 atom stereocenters. The maximum atomic E-state index is 12.4. The highest BCUT2D eigenvalue weighted by Gasteiger charge is 2.17. The first-order valence-electron chi connectivity index (χ1n) is 13.6. The van der Waals surface area contributed by atoms with Crippen molar-refractivity contribution in [3.8, 4) is 6.07 Å². The van der Waals surface area contributed by atoms with Gasteiger partial charge in [0.1, 0.15) is 17.7 Å². The molecular weight excluding hydrogens is 578 g/mol. The predicted molar refractivity (Wildman–Crippen MR) is 167 cm³/mol. The lowest BCUT2D eigenvalue weighted by Crippen LogP contribution is -2.27. The van der Waals surface area contributed by atoms with Crippen LogP contribution in [0.2, 0.25) is 0 Å². The standard InChI is InChI=1S/C33H29N5O5S/c1-22-19-25(13-14-28(22)36-37-31-30(35-3)23(2)29(20-34)44-31)38(21-24-9-5-4-6-10-24)15-16-42-17-18-43-33(41)27-12-8-7-11-26(27)32(39)40/h4-14,19H,15-18,21H2,1-2H3,(H,39,40). The van der Waals surface area contributed by atoms with E-state index >= 15 is 0 Å². The van der Waals surface area contributed by atoms with Crippen molar-refractivity contribution >= 4 is 45.3 Å². The fraction of sp³-hybridized carbons (Fsp3) is 0.212. The van der Waals surface area contributed by atoms with Crippen LogP contribution >= 0.6 is 11.3 Å². The molecule has 4 rings (SSSR count). The number of carbonyl (C=O) groups is 2. The van der Waals surface area contributed by atoms with E-state index in [1.54, 1.807) is 19.1 Å². The van der Waals surface area contributed by atoms with Gasteiger partial charge in [0.05, 0.1) is 41.5 Å². The first kappa shape index (κ1) is 31.6. The minimum absolute atomic E-state index is 0.00311. The molecule has 0 saturated heterocycles. The van der Waals surface area contributed by atoms with Gasteiger partial charge in [-0.05, 0) is 60.9 Å². The number of anilines is 1. The summed E-state index contributed by atoms with van der Waals surface area (Å²) in [6.07, 6.45) is 0. The fourth-order valence-corrected chi connectivity index (χ4v) is 5.21. The van der Waals surface area contributed by atoms with E-state index in [0.717, 1.165) is 28.2 Å². The number of nitrogens with zero attached hydrogens (tertiary/aromatic N) is 5. The number of esters is 1. The van der Waals surface area contributed by atoms with Crippen molar-refractivity contribution in [2.75, 3.05) is 31.3 Å². The molecule has 0 spiro atoms. The number of hydrogen-bond donors (Lipinski definition) is 1. The molecule has 222 valence electrons. The molecule has 4 aromatic rings. The summed E-state index contributed by atoms with van der Waals surface area (Å²) in [6.45, 7) is 12.8. The van der Waals surface area contributed by atoms with Gasteiger partial charge in [0.15, 0.2) is 0 Å². The van der Waals surface area contributed by atoms with Crippen molar-refractivity contribution in [1.82, 2.24) is 0 Å². The summed E-state index contributed by atoms with van der Waals surface area (Å²) < 4.78 is 11.0. The van der Waals surface area contributed by atoms with Crippen LogP contribution in [0.25, 0.3) is 4.85 Å². The molecule has 1 N–H and O–H groups in total.